The maximum Gasteiger partial charge on any atom is 0.119 e. The second-order valence-corrected chi connectivity index (χ2v) is 5.57. The Balaban J connectivity index is 1.99. The Hall–Kier alpha value is -1.87. The van der Waals surface area contributed by atoms with Gasteiger partial charge in [-0.15, -0.1) is 0 Å². The minimum Gasteiger partial charge on any atom is -0.497 e. The van der Waals surface area contributed by atoms with Crippen LogP contribution in [0.1, 0.15) is 29.5 Å². The first-order chi connectivity index (χ1) is 9.71. The molecule has 0 radical (unpaired) electrons. The summed E-state index contributed by atoms with van der Waals surface area (Å²) in [6.07, 6.45) is 7.75. The van der Waals surface area contributed by atoms with Crippen LogP contribution in [0.5, 0.6) is 5.75 Å². The molecule has 1 unspecified atom stereocenters. The van der Waals surface area contributed by atoms with Gasteiger partial charge in [-0.2, -0.15) is 0 Å². The number of rotatable bonds is 3. The van der Waals surface area contributed by atoms with E-state index in [9.17, 15) is 0 Å². The highest BCUT2D eigenvalue weighted by Gasteiger charge is 2.33. The summed E-state index contributed by atoms with van der Waals surface area (Å²) in [5.41, 5.74) is 10.3. The molecule has 20 heavy (non-hydrogen) atoms. The molecule has 2 N–H and O–H groups in total. The molecule has 3 rings (SSSR count). The van der Waals surface area contributed by atoms with Gasteiger partial charge in [0.15, 0.2) is 0 Å². The number of nitrogens with zero attached hydrogens (tertiary/aromatic N) is 1. The van der Waals surface area contributed by atoms with Gasteiger partial charge in [-0.1, -0.05) is 6.07 Å². The Bertz CT molecular complexity index is 597. The topological polar surface area (TPSA) is 48.1 Å². The van der Waals surface area contributed by atoms with Gasteiger partial charge in [0.05, 0.1) is 7.11 Å². The molecule has 3 heteroatoms. The summed E-state index contributed by atoms with van der Waals surface area (Å²) in [7, 11) is 1.70. The predicted molar refractivity (Wildman–Crippen MR) is 79.7 cm³/mol. The first kappa shape index (κ1) is 13.1. The van der Waals surface area contributed by atoms with Gasteiger partial charge in [0, 0.05) is 17.9 Å². The lowest BCUT2D eigenvalue weighted by Crippen LogP contribution is -2.42. The summed E-state index contributed by atoms with van der Waals surface area (Å²) in [6.45, 7) is 0. The first-order valence-electron chi connectivity index (χ1n) is 7.06. The number of benzene rings is 1. The molecule has 1 heterocycles. The van der Waals surface area contributed by atoms with Gasteiger partial charge in [-0.3, -0.25) is 4.98 Å². The van der Waals surface area contributed by atoms with Gasteiger partial charge in [0.25, 0.3) is 0 Å². The maximum absolute atomic E-state index is 6.75. The lowest BCUT2D eigenvalue weighted by Gasteiger charge is -2.36. The van der Waals surface area contributed by atoms with Crippen LogP contribution in [0, 0.1) is 0 Å². The van der Waals surface area contributed by atoms with Crippen LogP contribution in [0.15, 0.2) is 42.7 Å². The molecule has 1 atom stereocenters. The van der Waals surface area contributed by atoms with Crippen LogP contribution in [-0.2, 0) is 18.4 Å². The molecule has 1 aromatic heterocycles. The Labute approximate surface area is 119 Å². The Morgan fingerprint density at radius 2 is 2.05 bits per heavy atom. The minimum atomic E-state index is -0.302. The van der Waals surface area contributed by atoms with Crippen molar-refractivity contribution in [3.8, 4) is 5.75 Å². The number of hydrogen-bond donors (Lipinski definition) is 1. The van der Waals surface area contributed by atoms with Gasteiger partial charge in [-0.05, 0) is 66.6 Å². The molecular weight excluding hydrogens is 248 g/mol. The molecule has 104 valence electrons. The molecule has 1 aliphatic carbocycles. The van der Waals surface area contributed by atoms with Crippen molar-refractivity contribution < 1.29 is 4.74 Å². The molecule has 3 nitrogen and oxygen atoms in total. The lowest BCUT2D eigenvalue weighted by molar-refractivity contribution is 0.363. The van der Waals surface area contributed by atoms with Crippen LogP contribution in [0.25, 0.3) is 0 Å². The number of hydrogen-bond acceptors (Lipinski definition) is 3. The van der Waals surface area contributed by atoms with E-state index >= 15 is 0 Å². The van der Waals surface area contributed by atoms with E-state index < -0.39 is 0 Å². The third kappa shape index (κ3) is 2.41. The number of aromatic nitrogens is 1. The summed E-state index contributed by atoms with van der Waals surface area (Å²) in [4.78, 5) is 4.07. The van der Waals surface area contributed by atoms with Crippen LogP contribution in [-0.4, -0.2) is 12.1 Å². The summed E-state index contributed by atoms with van der Waals surface area (Å²) < 4.78 is 5.36. The first-order valence-corrected chi connectivity index (χ1v) is 7.06. The molecule has 1 aliphatic rings. The van der Waals surface area contributed by atoms with Crippen LogP contribution >= 0.6 is 0 Å². The zero-order valence-electron chi connectivity index (χ0n) is 11.8. The van der Waals surface area contributed by atoms with Crippen molar-refractivity contribution in [1.82, 2.24) is 4.98 Å². The summed E-state index contributed by atoms with van der Waals surface area (Å²) in [5.74, 6) is 0.884. The monoisotopic (exact) mass is 268 g/mol. The molecule has 0 fully saturated rings. The van der Waals surface area contributed by atoms with E-state index in [1.54, 1.807) is 7.11 Å². The van der Waals surface area contributed by atoms with Crippen molar-refractivity contribution in [1.29, 1.82) is 0 Å². The van der Waals surface area contributed by atoms with Gasteiger partial charge in [0.1, 0.15) is 5.75 Å². The highest BCUT2D eigenvalue weighted by molar-refractivity contribution is 5.42. The smallest absolute Gasteiger partial charge is 0.119 e. The molecule has 2 aromatic rings. The van der Waals surface area contributed by atoms with Crippen molar-refractivity contribution in [3.63, 3.8) is 0 Å². The molecular formula is C17H20N2O. The summed E-state index contributed by atoms with van der Waals surface area (Å²) >= 11 is 0. The zero-order valence-corrected chi connectivity index (χ0v) is 11.8. The molecule has 0 spiro atoms. The van der Waals surface area contributed by atoms with Crippen LogP contribution < -0.4 is 10.5 Å². The lowest BCUT2D eigenvalue weighted by atomic mass is 9.74. The molecule has 0 amide bonds. The molecule has 0 saturated heterocycles. The second-order valence-electron chi connectivity index (χ2n) is 5.57. The Morgan fingerprint density at radius 3 is 2.80 bits per heavy atom. The van der Waals surface area contributed by atoms with E-state index in [1.807, 2.05) is 30.6 Å². The van der Waals surface area contributed by atoms with E-state index in [0.717, 1.165) is 31.4 Å². The predicted octanol–water partition coefficient (Wildman–Crippen LogP) is 2.82. The average molecular weight is 268 g/mol. The van der Waals surface area contributed by atoms with Crippen LogP contribution in [0.3, 0.4) is 0 Å². The number of fused-ring (bicyclic) bond motifs is 1. The quantitative estimate of drug-likeness (QED) is 0.931. The summed E-state index contributed by atoms with van der Waals surface area (Å²) in [5, 5.41) is 0. The fourth-order valence-corrected chi connectivity index (χ4v) is 3.14. The molecule has 0 bridgehead atoms. The van der Waals surface area contributed by atoms with Gasteiger partial charge in [0.2, 0.25) is 0 Å². The normalized spacial score (nSPS) is 21.3. The number of aryl methyl sites for hydroxylation is 1. The van der Waals surface area contributed by atoms with Crippen molar-refractivity contribution in [3.05, 3.63) is 59.4 Å². The highest BCUT2D eigenvalue weighted by atomic mass is 16.5. The van der Waals surface area contributed by atoms with Crippen LogP contribution in [0.2, 0.25) is 0 Å². The maximum atomic E-state index is 6.75. The number of pyridine rings is 1. The number of nitrogens with two attached hydrogens (primary N) is 1. The zero-order chi connectivity index (χ0) is 14.0. The van der Waals surface area contributed by atoms with Crippen molar-refractivity contribution in [2.24, 2.45) is 5.73 Å². The standard InChI is InChI=1S/C17H20N2O/c1-20-15-5-4-14-3-2-8-17(18,16(14)11-15)12-13-6-9-19-10-7-13/h4-7,9-11H,2-3,8,12,18H2,1H3. The highest BCUT2D eigenvalue weighted by Crippen LogP contribution is 2.37. The van der Waals surface area contributed by atoms with E-state index in [0.29, 0.717) is 0 Å². The Kier molecular flexibility index (Phi) is 3.45. The molecule has 0 saturated carbocycles. The van der Waals surface area contributed by atoms with Gasteiger partial charge in [-0.25, -0.2) is 0 Å². The van der Waals surface area contributed by atoms with Crippen molar-refractivity contribution in [2.45, 2.75) is 31.2 Å². The average Bonchev–Trinajstić information content (AvgIpc) is 2.48. The fraction of sp³-hybridized carbons (Fsp3) is 0.353. The number of methoxy groups -OCH3 is 1. The van der Waals surface area contributed by atoms with E-state index in [4.69, 9.17) is 10.5 Å². The SMILES string of the molecule is COc1ccc2c(c1)C(N)(Cc1ccncc1)CCC2. The third-order valence-electron chi connectivity index (χ3n) is 4.19. The van der Waals surface area contributed by atoms with Gasteiger partial charge >= 0.3 is 0 Å². The minimum absolute atomic E-state index is 0.302. The van der Waals surface area contributed by atoms with Gasteiger partial charge < -0.3 is 10.5 Å². The second kappa shape index (κ2) is 5.25. The van der Waals surface area contributed by atoms with E-state index in [2.05, 4.69) is 17.1 Å². The Morgan fingerprint density at radius 1 is 1.25 bits per heavy atom. The fourth-order valence-electron chi connectivity index (χ4n) is 3.14. The van der Waals surface area contributed by atoms with Crippen LogP contribution in [0.4, 0.5) is 0 Å². The third-order valence-corrected chi connectivity index (χ3v) is 4.19. The molecule has 0 aliphatic heterocycles. The number of ether oxygens (including phenoxy) is 1. The van der Waals surface area contributed by atoms with Crippen molar-refractivity contribution in [2.75, 3.05) is 7.11 Å². The summed E-state index contributed by atoms with van der Waals surface area (Å²) in [6, 6.07) is 10.4. The molecule has 1 aromatic carbocycles. The van der Waals surface area contributed by atoms with E-state index in [-0.39, 0.29) is 5.54 Å². The van der Waals surface area contributed by atoms with E-state index in [1.165, 1.54) is 16.7 Å². The largest absolute Gasteiger partial charge is 0.497 e. The van der Waals surface area contributed by atoms with Crippen molar-refractivity contribution >= 4 is 0 Å².